The molecule has 0 aromatic carbocycles. The van der Waals surface area contributed by atoms with Gasteiger partial charge in [0, 0.05) is 44.2 Å². The number of fused-ring (bicyclic) bond motifs is 1. The molecule has 31 heavy (non-hydrogen) atoms. The molecule has 4 rings (SSSR count). The van der Waals surface area contributed by atoms with Crippen LogP contribution in [0.15, 0.2) is 30.9 Å². The van der Waals surface area contributed by atoms with E-state index < -0.39 is 11.2 Å². The quantitative estimate of drug-likeness (QED) is 0.634. The topological polar surface area (TPSA) is 86.8 Å². The van der Waals surface area contributed by atoms with Crippen molar-refractivity contribution in [2.45, 2.75) is 58.3 Å². The van der Waals surface area contributed by atoms with E-state index in [9.17, 15) is 4.79 Å². The lowest BCUT2D eigenvalue weighted by Gasteiger charge is -2.53. The van der Waals surface area contributed by atoms with E-state index in [1.807, 2.05) is 46.3 Å². The van der Waals surface area contributed by atoms with Crippen molar-refractivity contribution in [3.05, 3.63) is 30.9 Å². The van der Waals surface area contributed by atoms with E-state index in [0.29, 0.717) is 12.3 Å². The summed E-state index contributed by atoms with van der Waals surface area (Å²) >= 11 is 0. The van der Waals surface area contributed by atoms with Gasteiger partial charge < -0.3 is 14.4 Å². The summed E-state index contributed by atoms with van der Waals surface area (Å²) in [6.07, 6.45) is 7.62. The smallest absolute Gasteiger partial charge is 0.410 e. The van der Waals surface area contributed by atoms with Crippen LogP contribution in [-0.2, 0) is 11.8 Å². The van der Waals surface area contributed by atoms with Crippen molar-refractivity contribution in [2.24, 2.45) is 13.0 Å². The molecule has 0 N–H and O–H groups in total. The third-order valence-electron chi connectivity index (χ3n) is 6.02. The van der Waals surface area contributed by atoms with Crippen LogP contribution >= 0.6 is 0 Å². The molecule has 166 valence electrons. The number of hydrogen-bond acceptors (Lipinski definition) is 6. The van der Waals surface area contributed by atoms with Gasteiger partial charge in [0.1, 0.15) is 16.7 Å². The van der Waals surface area contributed by atoms with Crippen molar-refractivity contribution in [1.29, 1.82) is 0 Å². The molecule has 0 saturated heterocycles. The molecular weight excluding hydrogens is 396 g/mol. The summed E-state index contributed by atoms with van der Waals surface area (Å²) in [6.45, 7) is 9.76. The second kappa shape index (κ2) is 7.25. The van der Waals surface area contributed by atoms with Gasteiger partial charge in [0.05, 0.1) is 24.3 Å². The van der Waals surface area contributed by atoms with Crippen molar-refractivity contribution in [1.82, 2.24) is 29.3 Å². The molecule has 1 amide bonds. The normalized spacial score (nSPS) is 23.5. The molecule has 3 aromatic heterocycles. The predicted molar refractivity (Wildman–Crippen MR) is 116 cm³/mol. The molecule has 0 bridgehead atoms. The third-order valence-corrected chi connectivity index (χ3v) is 6.02. The first-order valence-electron chi connectivity index (χ1n) is 10.4. The molecule has 1 aliphatic rings. The molecule has 3 atom stereocenters. The number of carbonyl (C=O) groups is 1. The van der Waals surface area contributed by atoms with E-state index >= 15 is 0 Å². The molecule has 1 aliphatic carbocycles. The zero-order valence-corrected chi connectivity index (χ0v) is 19.2. The van der Waals surface area contributed by atoms with Crippen LogP contribution in [0.5, 0.6) is 5.88 Å². The lowest BCUT2D eigenvalue weighted by Crippen LogP contribution is -2.64. The van der Waals surface area contributed by atoms with Gasteiger partial charge in [-0.05, 0) is 33.8 Å². The largest absolute Gasteiger partial charge is 0.469 e. The van der Waals surface area contributed by atoms with Crippen LogP contribution in [0.25, 0.3) is 16.8 Å². The maximum Gasteiger partial charge on any atom is 0.410 e. The Morgan fingerprint density at radius 2 is 2.03 bits per heavy atom. The Bertz CT molecular complexity index is 1110. The summed E-state index contributed by atoms with van der Waals surface area (Å²) in [7, 11) is 3.65. The first kappa shape index (κ1) is 21.1. The number of ether oxygens (including phenoxy) is 2. The van der Waals surface area contributed by atoms with E-state index in [1.54, 1.807) is 33.5 Å². The minimum Gasteiger partial charge on any atom is -0.469 e. The third kappa shape index (κ3) is 3.96. The Balaban J connectivity index is 1.56. The summed E-state index contributed by atoms with van der Waals surface area (Å²) in [4.78, 5) is 18.9. The SMILES string of the molecule is C[C@H]1[C@@H](N(C)C(=O)OC(C)(C)C)C[C@]1(C)Oc1nc(-c2cnn(C)c2)cn2nccc12. The van der Waals surface area contributed by atoms with E-state index in [1.165, 1.54) is 0 Å². The monoisotopic (exact) mass is 426 g/mol. The fourth-order valence-electron chi connectivity index (χ4n) is 3.99. The predicted octanol–water partition coefficient (Wildman–Crippen LogP) is 3.54. The van der Waals surface area contributed by atoms with E-state index in [-0.39, 0.29) is 18.1 Å². The summed E-state index contributed by atoms with van der Waals surface area (Å²) in [5.41, 5.74) is 1.43. The molecule has 1 fully saturated rings. The lowest BCUT2D eigenvalue weighted by atomic mass is 9.66. The zero-order chi connectivity index (χ0) is 22.6. The summed E-state index contributed by atoms with van der Waals surface area (Å²) < 4.78 is 15.5. The van der Waals surface area contributed by atoms with Crippen molar-refractivity contribution in [2.75, 3.05) is 7.05 Å². The van der Waals surface area contributed by atoms with Gasteiger partial charge >= 0.3 is 6.09 Å². The highest BCUT2D eigenvalue weighted by molar-refractivity contribution is 5.68. The van der Waals surface area contributed by atoms with Gasteiger partial charge in [-0.3, -0.25) is 4.68 Å². The van der Waals surface area contributed by atoms with Gasteiger partial charge in [-0.15, -0.1) is 0 Å². The van der Waals surface area contributed by atoms with Crippen LogP contribution in [-0.4, -0.2) is 59.7 Å². The highest BCUT2D eigenvalue weighted by atomic mass is 16.6. The van der Waals surface area contributed by atoms with Crippen molar-refractivity contribution < 1.29 is 14.3 Å². The number of carbonyl (C=O) groups excluding carboxylic acids is 1. The average molecular weight is 427 g/mol. The van der Waals surface area contributed by atoms with Crippen LogP contribution in [0.3, 0.4) is 0 Å². The molecule has 9 nitrogen and oxygen atoms in total. The Kier molecular flexibility index (Phi) is 4.94. The standard InChI is InChI=1S/C22H30N6O3/c1-14-18(27(7)20(29)31-21(2,3)4)10-22(14,5)30-19-17-8-9-23-28(17)13-16(25-19)15-11-24-26(6)12-15/h8-9,11-14,18H,10H2,1-7H3/t14-,18-,22-/m0/s1. The molecule has 3 aromatic rings. The second-order valence-corrected chi connectivity index (χ2v) is 9.56. The van der Waals surface area contributed by atoms with Crippen molar-refractivity contribution in [3.8, 4) is 17.1 Å². The number of amides is 1. The Labute approximate surface area is 182 Å². The van der Waals surface area contributed by atoms with Gasteiger partial charge in [0.2, 0.25) is 5.88 Å². The fourth-order valence-corrected chi connectivity index (χ4v) is 3.99. The van der Waals surface area contributed by atoms with Gasteiger partial charge in [-0.2, -0.15) is 10.2 Å². The van der Waals surface area contributed by atoms with Crippen LogP contribution < -0.4 is 4.74 Å². The number of rotatable bonds is 4. The minimum absolute atomic E-state index is 0.0299. The maximum absolute atomic E-state index is 12.5. The van der Waals surface area contributed by atoms with Crippen LogP contribution in [0.2, 0.25) is 0 Å². The fraction of sp³-hybridized carbons (Fsp3) is 0.545. The van der Waals surface area contributed by atoms with Gasteiger partial charge in [0.25, 0.3) is 0 Å². The molecule has 0 spiro atoms. The molecule has 1 saturated carbocycles. The lowest BCUT2D eigenvalue weighted by molar-refractivity contribution is -0.108. The molecule has 3 heterocycles. The number of nitrogens with zero attached hydrogens (tertiary/aromatic N) is 6. The van der Waals surface area contributed by atoms with Crippen molar-refractivity contribution in [3.63, 3.8) is 0 Å². The van der Waals surface area contributed by atoms with E-state index in [4.69, 9.17) is 14.5 Å². The summed E-state index contributed by atoms with van der Waals surface area (Å²) in [5, 5.41) is 8.60. The summed E-state index contributed by atoms with van der Waals surface area (Å²) in [5.74, 6) is 0.614. The van der Waals surface area contributed by atoms with Crippen molar-refractivity contribution >= 4 is 11.6 Å². The Morgan fingerprint density at radius 1 is 1.29 bits per heavy atom. The maximum atomic E-state index is 12.5. The van der Waals surface area contributed by atoms with Gasteiger partial charge in [-0.1, -0.05) is 6.92 Å². The van der Waals surface area contributed by atoms with Crippen LogP contribution in [0.1, 0.15) is 41.0 Å². The molecule has 0 unspecified atom stereocenters. The highest BCUT2D eigenvalue weighted by Gasteiger charge is 2.53. The first-order chi connectivity index (χ1) is 14.5. The minimum atomic E-state index is -0.525. The van der Waals surface area contributed by atoms with E-state index in [0.717, 1.165) is 16.8 Å². The second-order valence-electron chi connectivity index (χ2n) is 9.56. The molecule has 0 aliphatic heterocycles. The first-order valence-corrected chi connectivity index (χ1v) is 10.4. The zero-order valence-electron chi connectivity index (χ0n) is 19.2. The van der Waals surface area contributed by atoms with Crippen LogP contribution in [0.4, 0.5) is 4.79 Å². The molecule has 9 heteroatoms. The number of aromatic nitrogens is 5. The Morgan fingerprint density at radius 3 is 2.65 bits per heavy atom. The van der Waals surface area contributed by atoms with E-state index in [2.05, 4.69) is 24.0 Å². The molecule has 0 radical (unpaired) electrons. The van der Waals surface area contributed by atoms with Crippen LogP contribution in [0, 0.1) is 5.92 Å². The van der Waals surface area contributed by atoms with Gasteiger partial charge in [-0.25, -0.2) is 14.3 Å². The number of aryl methyl sites for hydroxylation is 1. The highest BCUT2D eigenvalue weighted by Crippen LogP contribution is 2.45. The average Bonchev–Trinajstić information content (AvgIpc) is 3.32. The summed E-state index contributed by atoms with van der Waals surface area (Å²) in [6, 6.07) is 1.91. The van der Waals surface area contributed by atoms with Gasteiger partial charge in [0.15, 0.2) is 0 Å². The number of hydrogen-bond donors (Lipinski definition) is 0. The molecular formula is C22H30N6O3. The Hall–Kier alpha value is -3.10.